The third-order valence-corrected chi connectivity index (χ3v) is 4.04. The second-order valence-corrected chi connectivity index (χ2v) is 5.29. The Hall–Kier alpha value is -1.74. The van der Waals surface area contributed by atoms with Gasteiger partial charge in [0.15, 0.2) is 21.4 Å². The van der Waals surface area contributed by atoms with E-state index in [0.29, 0.717) is 28.2 Å². The zero-order valence-corrected chi connectivity index (χ0v) is 11.1. The van der Waals surface area contributed by atoms with Crippen LogP contribution < -0.4 is 0 Å². The van der Waals surface area contributed by atoms with Crippen LogP contribution in [-0.2, 0) is 0 Å². The van der Waals surface area contributed by atoms with E-state index in [1.807, 2.05) is 6.26 Å². The lowest BCUT2D eigenvalue weighted by Crippen LogP contribution is -1.82. The highest BCUT2D eigenvalue weighted by molar-refractivity contribution is 8.00. The standard InChI is InChI=1S/C9H7N5O2S2/c1-4-5(10-3-15-4)7-11-6(14-16-7)8-12-13-9(17-2)18-8/h3H,1-2H3. The third-order valence-electron chi connectivity index (χ3n) is 2.15. The molecule has 0 aliphatic heterocycles. The summed E-state index contributed by atoms with van der Waals surface area (Å²) in [6.45, 7) is 1.78. The average Bonchev–Trinajstić information content (AvgIpc) is 3.07. The molecule has 3 aromatic rings. The molecule has 0 atom stereocenters. The van der Waals surface area contributed by atoms with Crippen molar-refractivity contribution in [3.63, 3.8) is 0 Å². The second kappa shape index (κ2) is 4.50. The third kappa shape index (κ3) is 1.91. The first-order chi connectivity index (χ1) is 8.78. The van der Waals surface area contributed by atoms with E-state index in [1.165, 1.54) is 29.5 Å². The van der Waals surface area contributed by atoms with E-state index < -0.39 is 0 Å². The van der Waals surface area contributed by atoms with Crippen molar-refractivity contribution in [1.29, 1.82) is 0 Å². The average molecular weight is 281 g/mol. The largest absolute Gasteiger partial charge is 0.448 e. The summed E-state index contributed by atoms with van der Waals surface area (Å²) in [6, 6.07) is 0. The molecule has 0 N–H and O–H groups in total. The summed E-state index contributed by atoms with van der Waals surface area (Å²) in [6.07, 6.45) is 3.27. The van der Waals surface area contributed by atoms with Crippen LogP contribution in [0.1, 0.15) is 5.76 Å². The Kier molecular flexibility index (Phi) is 2.84. The molecule has 3 rings (SSSR count). The molecule has 0 saturated heterocycles. The Labute approximate surface area is 110 Å². The molecule has 0 aliphatic rings. The van der Waals surface area contributed by atoms with Crippen LogP contribution >= 0.6 is 23.1 Å². The van der Waals surface area contributed by atoms with Crippen molar-refractivity contribution >= 4 is 23.1 Å². The monoisotopic (exact) mass is 281 g/mol. The number of aryl methyl sites for hydroxylation is 1. The first-order valence-corrected chi connectivity index (χ1v) is 6.94. The lowest BCUT2D eigenvalue weighted by atomic mass is 10.4. The molecule has 0 amide bonds. The van der Waals surface area contributed by atoms with Gasteiger partial charge in [0.1, 0.15) is 5.76 Å². The van der Waals surface area contributed by atoms with E-state index in [1.54, 1.807) is 6.92 Å². The summed E-state index contributed by atoms with van der Waals surface area (Å²) in [7, 11) is 0. The number of nitrogens with zero attached hydrogens (tertiary/aromatic N) is 5. The van der Waals surface area contributed by atoms with Crippen molar-refractivity contribution in [2.24, 2.45) is 0 Å². The highest BCUT2D eigenvalue weighted by Crippen LogP contribution is 2.28. The summed E-state index contributed by atoms with van der Waals surface area (Å²) in [5, 5.41) is 12.5. The Bertz CT molecular complexity index is 674. The van der Waals surface area contributed by atoms with E-state index in [0.717, 1.165) is 4.34 Å². The van der Waals surface area contributed by atoms with E-state index >= 15 is 0 Å². The topological polar surface area (TPSA) is 90.7 Å². The number of aromatic nitrogens is 5. The van der Waals surface area contributed by atoms with Gasteiger partial charge in [-0.1, -0.05) is 28.3 Å². The maximum absolute atomic E-state index is 5.14. The molecule has 0 fully saturated rings. The fourth-order valence-corrected chi connectivity index (χ4v) is 2.50. The van der Waals surface area contributed by atoms with E-state index in [-0.39, 0.29) is 0 Å². The van der Waals surface area contributed by atoms with Crippen molar-refractivity contribution < 1.29 is 8.94 Å². The van der Waals surface area contributed by atoms with Gasteiger partial charge < -0.3 is 8.94 Å². The van der Waals surface area contributed by atoms with Crippen LogP contribution in [0.15, 0.2) is 19.7 Å². The lowest BCUT2D eigenvalue weighted by Gasteiger charge is -1.85. The molecule has 92 valence electrons. The minimum Gasteiger partial charge on any atom is -0.448 e. The van der Waals surface area contributed by atoms with Gasteiger partial charge in [-0.05, 0) is 13.2 Å². The Morgan fingerprint density at radius 2 is 2.22 bits per heavy atom. The smallest absolute Gasteiger partial charge is 0.280 e. The molecule has 3 aromatic heterocycles. The van der Waals surface area contributed by atoms with Crippen LogP contribution in [0.25, 0.3) is 22.4 Å². The van der Waals surface area contributed by atoms with Crippen LogP contribution in [-0.4, -0.2) is 31.6 Å². The fraction of sp³-hybridized carbons (Fsp3) is 0.222. The molecule has 0 bridgehead atoms. The van der Waals surface area contributed by atoms with E-state index in [2.05, 4.69) is 25.3 Å². The molecule has 0 radical (unpaired) electrons. The van der Waals surface area contributed by atoms with Gasteiger partial charge in [-0.25, -0.2) is 4.98 Å². The van der Waals surface area contributed by atoms with Crippen LogP contribution in [0.4, 0.5) is 0 Å². The maximum atomic E-state index is 5.14. The molecule has 7 nitrogen and oxygen atoms in total. The van der Waals surface area contributed by atoms with Gasteiger partial charge >= 0.3 is 0 Å². The number of hydrogen-bond donors (Lipinski definition) is 0. The Morgan fingerprint density at radius 3 is 2.89 bits per heavy atom. The van der Waals surface area contributed by atoms with Crippen molar-refractivity contribution in [3.05, 3.63) is 12.2 Å². The van der Waals surface area contributed by atoms with Gasteiger partial charge in [-0.2, -0.15) is 4.98 Å². The Balaban J connectivity index is 1.96. The quantitative estimate of drug-likeness (QED) is 0.675. The summed E-state index contributed by atoms with van der Waals surface area (Å²) < 4.78 is 11.1. The second-order valence-electron chi connectivity index (χ2n) is 3.26. The minimum absolute atomic E-state index is 0.317. The first kappa shape index (κ1) is 11.4. The zero-order valence-electron chi connectivity index (χ0n) is 9.45. The lowest BCUT2D eigenvalue weighted by molar-refractivity contribution is 0.430. The fourth-order valence-electron chi connectivity index (χ4n) is 1.30. The van der Waals surface area contributed by atoms with Crippen molar-refractivity contribution in [3.8, 4) is 22.4 Å². The zero-order chi connectivity index (χ0) is 12.5. The van der Waals surface area contributed by atoms with Gasteiger partial charge in [0.2, 0.25) is 5.82 Å². The van der Waals surface area contributed by atoms with Gasteiger partial charge in [0.25, 0.3) is 5.89 Å². The first-order valence-electron chi connectivity index (χ1n) is 4.90. The van der Waals surface area contributed by atoms with Crippen LogP contribution in [0, 0.1) is 6.92 Å². The Morgan fingerprint density at radius 1 is 1.33 bits per heavy atom. The van der Waals surface area contributed by atoms with Crippen LogP contribution in [0.5, 0.6) is 0 Å². The van der Waals surface area contributed by atoms with E-state index in [9.17, 15) is 0 Å². The minimum atomic E-state index is 0.317. The summed E-state index contributed by atoms with van der Waals surface area (Å²) >= 11 is 2.94. The summed E-state index contributed by atoms with van der Waals surface area (Å²) in [5.41, 5.74) is 0.545. The summed E-state index contributed by atoms with van der Waals surface area (Å²) in [4.78, 5) is 8.24. The van der Waals surface area contributed by atoms with E-state index in [4.69, 9.17) is 8.94 Å². The number of oxazole rings is 1. The molecule has 0 unspecified atom stereocenters. The predicted molar refractivity (Wildman–Crippen MR) is 65.2 cm³/mol. The van der Waals surface area contributed by atoms with Crippen molar-refractivity contribution in [2.45, 2.75) is 11.3 Å². The predicted octanol–water partition coefficient (Wildman–Crippen LogP) is 2.27. The molecule has 3 heterocycles. The molecule has 0 aromatic carbocycles. The van der Waals surface area contributed by atoms with Crippen molar-refractivity contribution in [2.75, 3.05) is 6.26 Å². The number of thioether (sulfide) groups is 1. The normalized spacial score (nSPS) is 11.0. The maximum Gasteiger partial charge on any atom is 0.280 e. The molecule has 0 aliphatic carbocycles. The molecular weight excluding hydrogens is 274 g/mol. The van der Waals surface area contributed by atoms with Crippen LogP contribution in [0.3, 0.4) is 0 Å². The van der Waals surface area contributed by atoms with Gasteiger partial charge in [-0.3, -0.25) is 0 Å². The SMILES string of the molecule is CSc1nnc(-c2noc(-c3ncoc3C)n2)s1. The van der Waals surface area contributed by atoms with Gasteiger partial charge in [0.05, 0.1) is 0 Å². The number of rotatable bonds is 3. The van der Waals surface area contributed by atoms with Crippen molar-refractivity contribution in [1.82, 2.24) is 25.3 Å². The molecule has 0 spiro atoms. The molecule has 9 heteroatoms. The molecule has 0 saturated carbocycles. The van der Waals surface area contributed by atoms with Crippen LogP contribution in [0.2, 0.25) is 0 Å². The van der Waals surface area contributed by atoms with Gasteiger partial charge in [0, 0.05) is 0 Å². The molecule has 18 heavy (non-hydrogen) atoms. The highest BCUT2D eigenvalue weighted by atomic mass is 32.2. The highest BCUT2D eigenvalue weighted by Gasteiger charge is 2.18. The number of hydrogen-bond acceptors (Lipinski definition) is 9. The summed E-state index contributed by atoms with van der Waals surface area (Å²) in [5.74, 6) is 1.36. The van der Waals surface area contributed by atoms with Gasteiger partial charge in [-0.15, -0.1) is 10.2 Å². The molecular formula is C9H7N5O2S2.